The molecule has 2 amide bonds. The van der Waals surface area contributed by atoms with Crippen LogP contribution in [0.3, 0.4) is 0 Å². The predicted molar refractivity (Wildman–Crippen MR) is 91.5 cm³/mol. The fraction of sp³-hybridized carbons (Fsp3) is 0.941. The average molecular weight is 367 g/mol. The van der Waals surface area contributed by atoms with Crippen molar-refractivity contribution in [2.24, 2.45) is 5.92 Å². The van der Waals surface area contributed by atoms with Gasteiger partial charge >= 0.3 is 12.2 Å². The van der Waals surface area contributed by atoms with E-state index in [1.807, 2.05) is 20.8 Å². The van der Waals surface area contributed by atoms with Crippen molar-refractivity contribution in [3.63, 3.8) is 0 Å². The van der Waals surface area contributed by atoms with Gasteiger partial charge in [0.15, 0.2) is 0 Å². The Balaban J connectivity index is 2.58. The third-order valence-electron chi connectivity index (χ3n) is 4.17. The van der Waals surface area contributed by atoms with E-state index >= 15 is 0 Å². The molecule has 0 aromatic heterocycles. The van der Waals surface area contributed by atoms with Crippen molar-refractivity contribution in [3.8, 4) is 0 Å². The zero-order valence-electron chi connectivity index (χ0n) is 15.9. The summed E-state index contributed by atoms with van der Waals surface area (Å²) >= 11 is 0. The Morgan fingerprint density at radius 3 is 2.48 bits per heavy atom. The first-order chi connectivity index (χ1) is 11.4. The molecule has 2 N–H and O–H groups in total. The molecule has 1 saturated heterocycles. The van der Waals surface area contributed by atoms with Gasteiger partial charge in [-0.2, -0.15) is 13.2 Å². The van der Waals surface area contributed by atoms with Crippen molar-refractivity contribution in [2.45, 2.75) is 71.3 Å². The van der Waals surface area contributed by atoms with Crippen molar-refractivity contribution in [3.05, 3.63) is 0 Å². The van der Waals surface area contributed by atoms with E-state index in [0.29, 0.717) is 18.9 Å². The van der Waals surface area contributed by atoms with Crippen LogP contribution in [0.25, 0.3) is 0 Å². The molecule has 0 aromatic carbocycles. The maximum absolute atomic E-state index is 12.3. The number of ether oxygens (including phenoxy) is 1. The number of urea groups is 1. The van der Waals surface area contributed by atoms with E-state index in [2.05, 4.69) is 29.4 Å². The predicted octanol–water partition coefficient (Wildman–Crippen LogP) is 3.15. The van der Waals surface area contributed by atoms with Crippen molar-refractivity contribution < 1.29 is 22.7 Å². The lowest BCUT2D eigenvalue weighted by Crippen LogP contribution is -2.50. The second kappa shape index (κ2) is 9.07. The van der Waals surface area contributed by atoms with Crippen molar-refractivity contribution >= 4 is 6.03 Å². The molecule has 1 aliphatic heterocycles. The van der Waals surface area contributed by atoms with Crippen molar-refractivity contribution in [2.75, 3.05) is 26.3 Å². The molecular formula is C17H32F3N3O2. The van der Waals surface area contributed by atoms with E-state index in [0.717, 1.165) is 13.0 Å². The Kier molecular flexibility index (Phi) is 7.99. The van der Waals surface area contributed by atoms with E-state index < -0.39 is 12.8 Å². The molecule has 5 nitrogen and oxygen atoms in total. The van der Waals surface area contributed by atoms with Crippen LogP contribution in [0.2, 0.25) is 0 Å². The van der Waals surface area contributed by atoms with Crippen LogP contribution in [0.4, 0.5) is 18.0 Å². The lowest BCUT2D eigenvalue weighted by molar-refractivity contribution is -0.176. The minimum Gasteiger partial charge on any atom is -0.370 e. The summed E-state index contributed by atoms with van der Waals surface area (Å²) in [7, 11) is 0. The van der Waals surface area contributed by atoms with Gasteiger partial charge in [-0.3, -0.25) is 4.90 Å². The second-order valence-corrected chi connectivity index (χ2v) is 8.03. The Bertz CT molecular complexity index is 424. The summed E-state index contributed by atoms with van der Waals surface area (Å²) in [6, 6.07) is -0.458. The van der Waals surface area contributed by atoms with Crippen LogP contribution < -0.4 is 10.6 Å². The Hall–Kier alpha value is -1.02. The van der Waals surface area contributed by atoms with Gasteiger partial charge in [-0.05, 0) is 33.1 Å². The first-order valence-corrected chi connectivity index (χ1v) is 8.87. The van der Waals surface area contributed by atoms with Crippen LogP contribution in [0.1, 0.15) is 47.5 Å². The van der Waals surface area contributed by atoms with Gasteiger partial charge in [-0.15, -0.1) is 0 Å². The molecule has 1 fully saturated rings. The Morgan fingerprint density at radius 1 is 1.32 bits per heavy atom. The van der Waals surface area contributed by atoms with Gasteiger partial charge in [0.1, 0.15) is 6.61 Å². The molecule has 0 saturated carbocycles. The highest BCUT2D eigenvalue weighted by Crippen LogP contribution is 2.22. The van der Waals surface area contributed by atoms with Crippen LogP contribution in [-0.4, -0.2) is 61.0 Å². The number of carbonyl (C=O) groups excluding carboxylic acids is 1. The molecule has 0 spiro atoms. The maximum atomic E-state index is 12.3. The first-order valence-electron chi connectivity index (χ1n) is 8.87. The summed E-state index contributed by atoms with van der Waals surface area (Å²) in [5, 5.41) is 5.77. The fourth-order valence-corrected chi connectivity index (χ4v) is 2.89. The number of rotatable bonds is 7. The van der Waals surface area contributed by atoms with Gasteiger partial charge in [0.2, 0.25) is 0 Å². The molecule has 1 rings (SSSR count). The number of amides is 2. The minimum atomic E-state index is -4.32. The van der Waals surface area contributed by atoms with Crippen LogP contribution in [-0.2, 0) is 4.74 Å². The Labute approximate surface area is 148 Å². The van der Waals surface area contributed by atoms with Gasteiger partial charge in [0, 0.05) is 30.7 Å². The first kappa shape index (κ1) is 22.0. The van der Waals surface area contributed by atoms with Gasteiger partial charge < -0.3 is 15.4 Å². The summed E-state index contributed by atoms with van der Waals surface area (Å²) < 4.78 is 41.7. The molecule has 25 heavy (non-hydrogen) atoms. The smallest absolute Gasteiger partial charge is 0.370 e. The molecular weight excluding hydrogens is 335 g/mol. The van der Waals surface area contributed by atoms with Gasteiger partial charge in [-0.1, -0.05) is 20.3 Å². The van der Waals surface area contributed by atoms with E-state index in [9.17, 15) is 18.0 Å². The van der Waals surface area contributed by atoms with Crippen LogP contribution in [0, 0.1) is 5.92 Å². The molecule has 1 heterocycles. The summed E-state index contributed by atoms with van der Waals surface area (Å²) in [5.41, 5.74) is -0.339. The van der Waals surface area contributed by atoms with Crippen molar-refractivity contribution in [1.29, 1.82) is 0 Å². The standard InChI is InChI=1S/C17H32F3N3O2/c1-6-12(2)8-23-9-13(21-15(24)22-16(3,4)5)7-14(23)10-25-11-17(18,19)20/h12-14H,6-11H2,1-5H3,(H2,21,22,24)/t12-,13+,14+/m0/s1. The summed E-state index contributed by atoms with van der Waals surface area (Å²) in [4.78, 5) is 14.2. The lowest BCUT2D eigenvalue weighted by Gasteiger charge is -2.27. The zero-order valence-corrected chi connectivity index (χ0v) is 15.9. The van der Waals surface area contributed by atoms with Crippen molar-refractivity contribution in [1.82, 2.24) is 15.5 Å². The molecule has 148 valence electrons. The molecule has 3 atom stereocenters. The van der Waals surface area contributed by atoms with Gasteiger partial charge in [0.25, 0.3) is 0 Å². The zero-order chi connectivity index (χ0) is 19.3. The van der Waals surface area contributed by atoms with Crippen LogP contribution >= 0.6 is 0 Å². The molecule has 0 aromatic rings. The van der Waals surface area contributed by atoms with Gasteiger partial charge in [0.05, 0.1) is 6.61 Å². The van der Waals surface area contributed by atoms with Crippen LogP contribution in [0.5, 0.6) is 0 Å². The highest BCUT2D eigenvalue weighted by molar-refractivity contribution is 5.75. The number of nitrogens with one attached hydrogen (secondary N) is 2. The lowest BCUT2D eigenvalue weighted by atomic mass is 10.1. The second-order valence-electron chi connectivity index (χ2n) is 8.03. The maximum Gasteiger partial charge on any atom is 0.411 e. The molecule has 0 radical (unpaired) electrons. The summed E-state index contributed by atoms with van der Waals surface area (Å²) in [6.45, 7) is 10.1. The minimum absolute atomic E-state index is 0.0228. The highest BCUT2D eigenvalue weighted by Gasteiger charge is 2.35. The number of alkyl halides is 3. The number of hydrogen-bond acceptors (Lipinski definition) is 3. The number of likely N-dealkylation sites (tertiary alicyclic amines) is 1. The number of halogens is 3. The summed E-state index contributed by atoms with van der Waals surface area (Å²) in [5.74, 6) is 0.437. The number of nitrogens with zero attached hydrogens (tertiary/aromatic N) is 1. The van der Waals surface area contributed by atoms with E-state index in [1.165, 1.54) is 0 Å². The Morgan fingerprint density at radius 2 is 1.96 bits per heavy atom. The largest absolute Gasteiger partial charge is 0.411 e. The molecule has 0 unspecified atom stereocenters. The normalized spacial score (nSPS) is 23.5. The third-order valence-corrected chi connectivity index (χ3v) is 4.17. The number of carbonyl (C=O) groups is 1. The van der Waals surface area contributed by atoms with E-state index in [4.69, 9.17) is 4.74 Å². The van der Waals surface area contributed by atoms with E-state index in [-0.39, 0.29) is 30.3 Å². The average Bonchev–Trinajstić information content (AvgIpc) is 2.76. The third kappa shape index (κ3) is 9.30. The van der Waals surface area contributed by atoms with E-state index in [1.54, 1.807) is 0 Å². The number of hydrogen-bond donors (Lipinski definition) is 2. The molecule has 1 aliphatic rings. The molecule has 0 bridgehead atoms. The monoisotopic (exact) mass is 367 g/mol. The van der Waals surface area contributed by atoms with Gasteiger partial charge in [-0.25, -0.2) is 4.79 Å². The van der Waals surface area contributed by atoms with Crippen LogP contribution in [0.15, 0.2) is 0 Å². The fourth-order valence-electron chi connectivity index (χ4n) is 2.89. The highest BCUT2D eigenvalue weighted by atomic mass is 19.4. The molecule has 8 heteroatoms. The molecule has 0 aliphatic carbocycles. The SMILES string of the molecule is CC[C@H](C)CN1C[C@H](NC(=O)NC(C)(C)C)C[C@@H]1COCC(F)(F)F. The summed E-state index contributed by atoms with van der Waals surface area (Å²) in [6.07, 6.45) is -2.73. The quantitative estimate of drug-likeness (QED) is 0.727. The topological polar surface area (TPSA) is 53.6 Å².